The molecule has 0 bridgehead atoms. The number of H-pyrrole nitrogens is 2. The molecule has 2 heterocycles. The van der Waals surface area contributed by atoms with Gasteiger partial charge in [-0.15, -0.1) is 0 Å². The third-order valence-electron chi connectivity index (χ3n) is 4.58. The molecule has 3 N–H and O–H groups in total. The molecule has 7 heteroatoms. The summed E-state index contributed by atoms with van der Waals surface area (Å²) < 4.78 is 1.51. The third kappa shape index (κ3) is 3.13. The summed E-state index contributed by atoms with van der Waals surface area (Å²) in [5.41, 5.74) is 2.53. The van der Waals surface area contributed by atoms with Crippen molar-refractivity contribution in [2.75, 3.05) is 5.32 Å². The van der Waals surface area contributed by atoms with E-state index in [-0.39, 0.29) is 17.5 Å². The zero-order chi connectivity index (χ0) is 17.4. The zero-order valence-corrected chi connectivity index (χ0v) is 13.8. The van der Waals surface area contributed by atoms with Crippen molar-refractivity contribution >= 4 is 11.7 Å². The Labute approximate surface area is 144 Å². The van der Waals surface area contributed by atoms with Crippen molar-refractivity contribution in [2.24, 2.45) is 0 Å². The Morgan fingerprint density at radius 3 is 2.72 bits per heavy atom. The van der Waals surface area contributed by atoms with Crippen LogP contribution in [0.4, 0.5) is 5.82 Å². The first-order chi connectivity index (χ1) is 12.1. The fraction of sp³-hybridized carbons (Fsp3) is 0.278. The quantitative estimate of drug-likeness (QED) is 0.667. The number of hydrogen-bond donors (Lipinski definition) is 3. The average molecular weight is 337 g/mol. The average Bonchev–Trinajstić information content (AvgIpc) is 3.22. The van der Waals surface area contributed by atoms with Gasteiger partial charge in [-0.25, -0.2) is 4.79 Å². The summed E-state index contributed by atoms with van der Waals surface area (Å²) in [5, 5.41) is 9.99. The molecule has 1 atom stereocenters. The van der Waals surface area contributed by atoms with Gasteiger partial charge in [-0.1, -0.05) is 12.1 Å². The minimum absolute atomic E-state index is 0.111. The van der Waals surface area contributed by atoms with Gasteiger partial charge < -0.3 is 10.3 Å². The fourth-order valence-electron chi connectivity index (χ4n) is 2.84. The molecule has 128 valence electrons. The summed E-state index contributed by atoms with van der Waals surface area (Å²) >= 11 is 0. The maximum absolute atomic E-state index is 12.5. The summed E-state index contributed by atoms with van der Waals surface area (Å²) in [6, 6.07) is 9.28. The lowest BCUT2D eigenvalue weighted by Crippen LogP contribution is -2.19. The normalized spacial score (nSPS) is 15.1. The standard InChI is InChI=1S/C18H19N5O2/c1-11(17(24)20-16-10-15(21-22-16)13-2-3-13)12-4-6-14(7-5-12)23-9-8-19-18(23)25/h4-11,13H,2-3H2,1H3,(H,19,25)(H2,20,21,22,24)/t11-/m0/s1. The predicted octanol–water partition coefficient (Wildman–Crippen LogP) is 2.51. The van der Waals surface area contributed by atoms with Gasteiger partial charge in [0.05, 0.1) is 11.6 Å². The summed E-state index contributed by atoms with van der Waals surface area (Å²) in [4.78, 5) is 26.7. The first-order valence-corrected chi connectivity index (χ1v) is 8.34. The number of carbonyl (C=O) groups excluding carboxylic acids is 1. The molecule has 1 saturated carbocycles. The zero-order valence-electron chi connectivity index (χ0n) is 13.8. The first-order valence-electron chi connectivity index (χ1n) is 8.34. The number of nitrogens with one attached hydrogen (secondary N) is 3. The summed E-state index contributed by atoms with van der Waals surface area (Å²) in [5.74, 6) is 0.702. The SMILES string of the molecule is C[C@H](C(=O)Nc1cc(C2CC2)[nH]n1)c1ccc(-n2cc[nH]c2=O)cc1. The molecule has 0 unspecified atom stereocenters. The molecular formula is C18H19N5O2. The van der Waals surface area contributed by atoms with E-state index in [1.165, 1.54) is 17.4 Å². The highest BCUT2D eigenvalue weighted by molar-refractivity contribution is 5.94. The number of carbonyl (C=O) groups is 1. The number of rotatable bonds is 5. The van der Waals surface area contributed by atoms with Crippen LogP contribution >= 0.6 is 0 Å². The lowest BCUT2D eigenvalue weighted by Gasteiger charge is -2.12. The van der Waals surface area contributed by atoms with Gasteiger partial charge in [0.25, 0.3) is 0 Å². The number of imidazole rings is 1. The molecule has 25 heavy (non-hydrogen) atoms. The molecule has 1 aliphatic carbocycles. The molecule has 2 aromatic heterocycles. The van der Waals surface area contributed by atoms with Crippen molar-refractivity contribution in [3.05, 3.63) is 64.5 Å². The number of nitrogens with zero attached hydrogens (tertiary/aromatic N) is 2. The number of hydrogen-bond acceptors (Lipinski definition) is 3. The van der Waals surface area contributed by atoms with Crippen molar-refractivity contribution in [1.29, 1.82) is 0 Å². The van der Waals surface area contributed by atoms with E-state index in [2.05, 4.69) is 20.5 Å². The van der Waals surface area contributed by atoms with Gasteiger partial charge in [-0.05, 0) is 37.5 Å². The smallest absolute Gasteiger partial charge is 0.312 e. The van der Waals surface area contributed by atoms with Gasteiger partial charge in [0.2, 0.25) is 5.91 Å². The van der Waals surface area contributed by atoms with Crippen LogP contribution in [0.5, 0.6) is 0 Å². The fourth-order valence-corrected chi connectivity index (χ4v) is 2.84. The molecule has 4 rings (SSSR count). The molecular weight excluding hydrogens is 318 g/mol. The number of anilines is 1. The van der Waals surface area contributed by atoms with E-state index < -0.39 is 0 Å². The minimum Gasteiger partial charge on any atom is -0.312 e. The van der Waals surface area contributed by atoms with E-state index in [1.54, 1.807) is 12.4 Å². The van der Waals surface area contributed by atoms with Crippen LogP contribution < -0.4 is 11.0 Å². The van der Waals surface area contributed by atoms with Gasteiger partial charge in [0.1, 0.15) is 0 Å². The van der Waals surface area contributed by atoms with E-state index in [0.717, 1.165) is 16.9 Å². The minimum atomic E-state index is -0.321. The second-order valence-electron chi connectivity index (χ2n) is 6.42. The molecule has 0 radical (unpaired) electrons. The highest BCUT2D eigenvalue weighted by Crippen LogP contribution is 2.39. The van der Waals surface area contributed by atoms with Gasteiger partial charge >= 0.3 is 5.69 Å². The van der Waals surface area contributed by atoms with Crippen LogP contribution in [0.15, 0.2) is 47.5 Å². The summed E-state index contributed by atoms with van der Waals surface area (Å²) in [6.45, 7) is 1.85. The van der Waals surface area contributed by atoms with E-state index >= 15 is 0 Å². The summed E-state index contributed by atoms with van der Waals surface area (Å²) in [7, 11) is 0. The Balaban J connectivity index is 1.45. The molecule has 1 fully saturated rings. The topological polar surface area (TPSA) is 95.6 Å². The molecule has 0 spiro atoms. The second-order valence-corrected chi connectivity index (χ2v) is 6.42. The Hall–Kier alpha value is -3.09. The number of amides is 1. The number of aromatic amines is 2. The highest BCUT2D eigenvalue weighted by atomic mass is 16.2. The third-order valence-corrected chi connectivity index (χ3v) is 4.58. The largest absolute Gasteiger partial charge is 0.330 e. The molecule has 3 aromatic rings. The van der Waals surface area contributed by atoms with Gasteiger partial charge in [0.15, 0.2) is 5.82 Å². The Kier molecular flexibility index (Phi) is 3.76. The van der Waals surface area contributed by atoms with Gasteiger partial charge in [-0.3, -0.25) is 14.5 Å². The summed E-state index contributed by atoms with van der Waals surface area (Å²) in [6.07, 6.45) is 5.62. The van der Waals surface area contributed by atoms with Gasteiger partial charge in [-0.2, -0.15) is 5.10 Å². The van der Waals surface area contributed by atoms with Crippen LogP contribution in [0.1, 0.15) is 42.9 Å². The maximum Gasteiger partial charge on any atom is 0.330 e. The number of aromatic nitrogens is 4. The van der Waals surface area contributed by atoms with Crippen molar-refractivity contribution in [3.8, 4) is 5.69 Å². The Morgan fingerprint density at radius 2 is 2.08 bits per heavy atom. The maximum atomic E-state index is 12.5. The first kappa shape index (κ1) is 15.4. The molecule has 1 amide bonds. The van der Waals surface area contributed by atoms with Crippen molar-refractivity contribution < 1.29 is 4.79 Å². The monoisotopic (exact) mass is 337 g/mol. The molecule has 7 nitrogen and oxygen atoms in total. The van der Waals surface area contributed by atoms with Gasteiger partial charge in [0, 0.05) is 30.1 Å². The van der Waals surface area contributed by atoms with Crippen LogP contribution in [0.25, 0.3) is 5.69 Å². The van der Waals surface area contributed by atoms with E-state index in [9.17, 15) is 9.59 Å². The van der Waals surface area contributed by atoms with E-state index in [4.69, 9.17) is 0 Å². The molecule has 0 aliphatic heterocycles. The molecule has 1 aliphatic rings. The van der Waals surface area contributed by atoms with Crippen LogP contribution in [0.3, 0.4) is 0 Å². The molecule has 1 aromatic carbocycles. The van der Waals surface area contributed by atoms with Crippen LogP contribution in [-0.4, -0.2) is 25.7 Å². The highest BCUT2D eigenvalue weighted by Gasteiger charge is 2.26. The lowest BCUT2D eigenvalue weighted by molar-refractivity contribution is -0.117. The van der Waals surface area contributed by atoms with Crippen molar-refractivity contribution in [2.45, 2.75) is 31.6 Å². The van der Waals surface area contributed by atoms with Crippen molar-refractivity contribution in [1.82, 2.24) is 19.7 Å². The lowest BCUT2D eigenvalue weighted by atomic mass is 10.00. The second kappa shape index (κ2) is 6.08. The Morgan fingerprint density at radius 1 is 1.32 bits per heavy atom. The predicted molar refractivity (Wildman–Crippen MR) is 94.0 cm³/mol. The van der Waals surface area contributed by atoms with Crippen LogP contribution in [0.2, 0.25) is 0 Å². The van der Waals surface area contributed by atoms with E-state index in [0.29, 0.717) is 11.7 Å². The number of benzene rings is 1. The molecule has 0 saturated heterocycles. The Bertz CT molecular complexity index is 946. The van der Waals surface area contributed by atoms with Crippen LogP contribution in [0, 0.1) is 0 Å². The van der Waals surface area contributed by atoms with Crippen molar-refractivity contribution in [3.63, 3.8) is 0 Å². The van der Waals surface area contributed by atoms with E-state index in [1.807, 2.05) is 37.3 Å². The van der Waals surface area contributed by atoms with Crippen LogP contribution in [-0.2, 0) is 4.79 Å².